The monoisotopic (exact) mass is 274 g/mol. The van der Waals surface area contributed by atoms with Gasteiger partial charge >= 0.3 is 23.9 Å². The maximum Gasteiger partial charge on any atom is 0.310 e. The number of carboxylic acid groups (broad SMARTS) is 4. The minimum absolute atomic E-state index is 0.509. The lowest BCUT2D eigenvalue weighted by Gasteiger charge is -2.40. The Morgan fingerprint density at radius 2 is 1.37 bits per heavy atom. The predicted molar refractivity (Wildman–Crippen MR) is 58.4 cm³/mol. The highest BCUT2D eigenvalue weighted by atomic mass is 16.4. The third-order valence-corrected chi connectivity index (χ3v) is 3.81. The van der Waals surface area contributed by atoms with E-state index in [-0.39, 0.29) is 0 Å². The van der Waals surface area contributed by atoms with Crippen LogP contribution in [0.1, 0.15) is 19.8 Å². The normalized spacial score (nSPS) is 34.5. The Kier molecular flexibility index (Phi) is 3.83. The molecule has 1 rings (SSSR count). The standard InChI is InChI=1S/C11H14O8/c1-11(10(18)19)3-5(8(14)15)4(7(12)13)2-6(11)9(16)17/h4-6H,2-3H2,1H3,(H,12,13)(H,14,15)(H,16,17)(H,18,19). The molecule has 106 valence electrons. The molecule has 1 aliphatic rings. The van der Waals surface area contributed by atoms with Crippen molar-refractivity contribution < 1.29 is 39.6 Å². The van der Waals surface area contributed by atoms with Crippen LogP contribution in [-0.4, -0.2) is 44.3 Å². The fourth-order valence-electron chi connectivity index (χ4n) is 2.56. The minimum atomic E-state index is -1.79. The van der Waals surface area contributed by atoms with E-state index in [4.69, 9.17) is 20.4 Å². The molecule has 0 heterocycles. The molecule has 0 bridgehead atoms. The minimum Gasteiger partial charge on any atom is -0.481 e. The molecular formula is C11H14O8. The first-order chi connectivity index (χ1) is 8.61. The smallest absolute Gasteiger partial charge is 0.310 e. The first-order valence-electron chi connectivity index (χ1n) is 5.53. The molecule has 4 N–H and O–H groups in total. The van der Waals surface area contributed by atoms with Crippen LogP contribution in [0.5, 0.6) is 0 Å². The molecule has 0 aromatic heterocycles. The SMILES string of the molecule is CC1(C(=O)O)CC(C(=O)O)C(C(=O)O)CC1C(=O)O. The van der Waals surface area contributed by atoms with Gasteiger partial charge < -0.3 is 20.4 Å². The van der Waals surface area contributed by atoms with Crippen LogP contribution in [0, 0.1) is 23.2 Å². The molecule has 4 atom stereocenters. The van der Waals surface area contributed by atoms with Crippen LogP contribution < -0.4 is 0 Å². The molecular weight excluding hydrogens is 260 g/mol. The summed E-state index contributed by atoms with van der Waals surface area (Å²) in [5.41, 5.74) is -1.79. The summed E-state index contributed by atoms with van der Waals surface area (Å²) in [6.07, 6.45) is -1.03. The summed E-state index contributed by atoms with van der Waals surface area (Å²) in [5.74, 6) is -9.95. The van der Waals surface area contributed by atoms with Gasteiger partial charge in [-0.05, 0) is 19.8 Å². The van der Waals surface area contributed by atoms with E-state index in [1.54, 1.807) is 0 Å². The molecule has 4 unspecified atom stereocenters. The van der Waals surface area contributed by atoms with Crippen molar-refractivity contribution in [2.24, 2.45) is 23.2 Å². The van der Waals surface area contributed by atoms with Gasteiger partial charge in [0.15, 0.2) is 0 Å². The molecule has 8 heteroatoms. The highest BCUT2D eigenvalue weighted by Gasteiger charge is 2.56. The Balaban J connectivity index is 3.23. The lowest BCUT2D eigenvalue weighted by molar-refractivity contribution is -0.176. The Morgan fingerprint density at radius 3 is 1.68 bits per heavy atom. The summed E-state index contributed by atoms with van der Waals surface area (Å²) in [4.78, 5) is 44.4. The first-order valence-corrected chi connectivity index (χ1v) is 5.53. The molecule has 1 aliphatic carbocycles. The van der Waals surface area contributed by atoms with Crippen molar-refractivity contribution >= 4 is 23.9 Å². The van der Waals surface area contributed by atoms with Gasteiger partial charge in [-0.25, -0.2) is 0 Å². The van der Waals surface area contributed by atoms with E-state index in [9.17, 15) is 19.2 Å². The lowest BCUT2D eigenvalue weighted by Crippen LogP contribution is -2.51. The maximum absolute atomic E-state index is 11.2. The van der Waals surface area contributed by atoms with E-state index in [2.05, 4.69) is 0 Å². The van der Waals surface area contributed by atoms with Gasteiger partial charge in [-0.1, -0.05) is 0 Å². The van der Waals surface area contributed by atoms with Crippen LogP contribution in [-0.2, 0) is 19.2 Å². The average molecular weight is 274 g/mol. The zero-order chi connectivity index (χ0) is 15.0. The van der Waals surface area contributed by atoms with Gasteiger partial charge in [0.05, 0.1) is 23.2 Å². The number of carbonyl (C=O) groups is 4. The van der Waals surface area contributed by atoms with Gasteiger partial charge in [0, 0.05) is 0 Å². The quantitative estimate of drug-likeness (QED) is 0.558. The summed E-state index contributed by atoms with van der Waals surface area (Å²) in [6.45, 7) is 1.14. The van der Waals surface area contributed by atoms with E-state index in [0.717, 1.165) is 6.92 Å². The Bertz CT molecular complexity index is 442. The van der Waals surface area contributed by atoms with E-state index < -0.39 is 59.9 Å². The van der Waals surface area contributed by atoms with Crippen molar-refractivity contribution in [1.29, 1.82) is 0 Å². The molecule has 0 spiro atoms. The average Bonchev–Trinajstić information content (AvgIpc) is 2.27. The van der Waals surface area contributed by atoms with E-state index in [0.29, 0.717) is 0 Å². The fraction of sp³-hybridized carbons (Fsp3) is 0.636. The maximum atomic E-state index is 11.2. The third-order valence-electron chi connectivity index (χ3n) is 3.81. The zero-order valence-electron chi connectivity index (χ0n) is 10.1. The van der Waals surface area contributed by atoms with Crippen molar-refractivity contribution in [3.8, 4) is 0 Å². The largest absolute Gasteiger partial charge is 0.481 e. The Morgan fingerprint density at radius 1 is 0.895 bits per heavy atom. The van der Waals surface area contributed by atoms with Crippen molar-refractivity contribution in [3.63, 3.8) is 0 Å². The van der Waals surface area contributed by atoms with Crippen molar-refractivity contribution in [2.75, 3.05) is 0 Å². The summed E-state index contributed by atoms with van der Waals surface area (Å²) in [7, 11) is 0. The van der Waals surface area contributed by atoms with Crippen LogP contribution >= 0.6 is 0 Å². The van der Waals surface area contributed by atoms with E-state index in [1.807, 2.05) is 0 Å². The molecule has 19 heavy (non-hydrogen) atoms. The lowest BCUT2D eigenvalue weighted by atomic mass is 9.60. The second-order valence-electron chi connectivity index (χ2n) is 4.94. The number of carboxylic acids is 4. The summed E-state index contributed by atoms with van der Waals surface area (Å²) >= 11 is 0. The van der Waals surface area contributed by atoms with Gasteiger partial charge in [0.1, 0.15) is 0 Å². The molecule has 1 saturated carbocycles. The highest BCUT2D eigenvalue weighted by molar-refractivity contribution is 5.87. The summed E-state index contributed by atoms with van der Waals surface area (Å²) in [6, 6.07) is 0. The van der Waals surface area contributed by atoms with Crippen LogP contribution in [0.3, 0.4) is 0 Å². The summed E-state index contributed by atoms with van der Waals surface area (Å²) < 4.78 is 0. The molecule has 0 amide bonds. The van der Waals surface area contributed by atoms with E-state index in [1.165, 1.54) is 0 Å². The first kappa shape index (κ1) is 14.9. The molecule has 8 nitrogen and oxygen atoms in total. The van der Waals surface area contributed by atoms with Gasteiger partial charge in [0.2, 0.25) is 0 Å². The van der Waals surface area contributed by atoms with Gasteiger partial charge in [-0.15, -0.1) is 0 Å². The molecule has 0 aliphatic heterocycles. The van der Waals surface area contributed by atoms with Crippen LogP contribution in [0.15, 0.2) is 0 Å². The Hall–Kier alpha value is -2.12. The number of rotatable bonds is 4. The molecule has 0 radical (unpaired) electrons. The predicted octanol–water partition coefficient (Wildman–Crippen LogP) is -0.0265. The fourth-order valence-corrected chi connectivity index (χ4v) is 2.56. The Labute approximate surface area is 107 Å². The van der Waals surface area contributed by atoms with E-state index >= 15 is 0 Å². The molecule has 0 saturated heterocycles. The van der Waals surface area contributed by atoms with Crippen LogP contribution in [0.2, 0.25) is 0 Å². The number of aliphatic carboxylic acids is 4. The van der Waals surface area contributed by atoms with Gasteiger partial charge in [-0.2, -0.15) is 0 Å². The summed E-state index contributed by atoms with van der Waals surface area (Å²) in [5, 5.41) is 36.1. The number of hydrogen-bond donors (Lipinski definition) is 4. The van der Waals surface area contributed by atoms with Gasteiger partial charge in [0.25, 0.3) is 0 Å². The third kappa shape index (κ3) is 2.51. The molecule has 0 aromatic rings. The highest BCUT2D eigenvalue weighted by Crippen LogP contribution is 2.47. The zero-order valence-corrected chi connectivity index (χ0v) is 10.1. The van der Waals surface area contributed by atoms with Gasteiger partial charge in [-0.3, -0.25) is 19.2 Å². The van der Waals surface area contributed by atoms with Crippen LogP contribution in [0.25, 0.3) is 0 Å². The topological polar surface area (TPSA) is 149 Å². The second kappa shape index (κ2) is 4.87. The molecule has 0 aromatic carbocycles. The second-order valence-corrected chi connectivity index (χ2v) is 4.94. The molecule has 1 fully saturated rings. The van der Waals surface area contributed by atoms with Crippen molar-refractivity contribution in [1.82, 2.24) is 0 Å². The van der Waals surface area contributed by atoms with Crippen molar-refractivity contribution in [3.05, 3.63) is 0 Å². The van der Waals surface area contributed by atoms with Crippen molar-refractivity contribution in [2.45, 2.75) is 19.8 Å². The number of hydrogen-bond acceptors (Lipinski definition) is 4. The van der Waals surface area contributed by atoms with Crippen LogP contribution in [0.4, 0.5) is 0 Å².